The molecule has 1 aromatic heterocycles. The minimum absolute atomic E-state index is 0.239. The van der Waals surface area contributed by atoms with Crippen LogP contribution in [0.25, 0.3) is 11.0 Å². The van der Waals surface area contributed by atoms with Crippen molar-refractivity contribution in [3.05, 3.63) is 115 Å². The second kappa shape index (κ2) is 10.1. The predicted molar refractivity (Wildman–Crippen MR) is 143 cm³/mol. The molecule has 7 nitrogen and oxygen atoms in total. The highest BCUT2D eigenvalue weighted by molar-refractivity contribution is 7.91. The van der Waals surface area contributed by atoms with Gasteiger partial charge < -0.3 is 4.90 Å². The average molecular weight is 496 g/mol. The number of aromatic nitrogens is 3. The minimum Gasteiger partial charge on any atom is -0.334 e. The highest BCUT2D eigenvalue weighted by atomic mass is 32.2. The Morgan fingerprint density at radius 2 is 1.39 bits per heavy atom. The number of sulfone groups is 1. The summed E-state index contributed by atoms with van der Waals surface area (Å²) in [4.78, 5) is 6.94. The molecule has 0 saturated heterocycles. The first-order valence-electron chi connectivity index (χ1n) is 11.5. The number of rotatable bonds is 7. The summed E-state index contributed by atoms with van der Waals surface area (Å²) >= 11 is 0. The Morgan fingerprint density at radius 3 is 2.03 bits per heavy atom. The van der Waals surface area contributed by atoms with Gasteiger partial charge in [-0.15, -0.1) is 5.10 Å². The molecule has 8 heteroatoms. The number of benzene rings is 4. The molecule has 0 aliphatic heterocycles. The van der Waals surface area contributed by atoms with Crippen LogP contribution in [0.2, 0.25) is 0 Å². The molecular weight excluding hydrogens is 470 g/mol. The highest BCUT2D eigenvalue weighted by Gasteiger charge is 2.19. The molecule has 0 aliphatic rings. The number of para-hydroxylation sites is 3. The number of aryl methyl sites for hydroxylation is 1. The molecule has 0 N–H and O–H groups in total. The van der Waals surface area contributed by atoms with E-state index in [2.05, 4.69) is 20.2 Å². The first-order chi connectivity index (χ1) is 17.5. The highest BCUT2D eigenvalue weighted by Crippen LogP contribution is 2.25. The summed E-state index contributed by atoms with van der Waals surface area (Å²) in [6.45, 7) is 2.20. The maximum Gasteiger partial charge on any atom is 0.198 e. The quantitative estimate of drug-likeness (QED) is 0.227. The van der Waals surface area contributed by atoms with Gasteiger partial charge in [-0.05, 0) is 55.5 Å². The van der Waals surface area contributed by atoms with Crippen LogP contribution in [-0.4, -0.2) is 41.7 Å². The zero-order valence-corrected chi connectivity index (χ0v) is 20.6. The van der Waals surface area contributed by atoms with Crippen molar-refractivity contribution in [3.8, 4) is 0 Å². The Bertz CT molecular complexity index is 1560. The van der Waals surface area contributed by atoms with Crippen LogP contribution in [0.5, 0.6) is 0 Å². The fourth-order valence-electron chi connectivity index (χ4n) is 3.91. The molecule has 5 rings (SSSR count). The molecule has 5 aromatic rings. The predicted octanol–water partition coefficient (Wildman–Crippen LogP) is 5.26. The van der Waals surface area contributed by atoms with Gasteiger partial charge in [0.05, 0.1) is 17.0 Å². The van der Waals surface area contributed by atoms with E-state index in [4.69, 9.17) is 0 Å². The minimum atomic E-state index is -3.65. The third-order valence-corrected chi connectivity index (χ3v) is 7.29. The number of nitrogens with zero attached hydrogens (tertiary/aromatic N) is 5. The van der Waals surface area contributed by atoms with E-state index < -0.39 is 15.7 Å². The van der Waals surface area contributed by atoms with Crippen LogP contribution < -0.4 is 4.90 Å². The van der Waals surface area contributed by atoms with Crippen LogP contribution >= 0.6 is 0 Å². The Balaban J connectivity index is 1.59. The van der Waals surface area contributed by atoms with Gasteiger partial charge >= 0.3 is 0 Å². The fraction of sp³-hybridized carbons (Fsp3) is 0.107. The van der Waals surface area contributed by atoms with E-state index in [0.717, 1.165) is 22.5 Å². The number of aliphatic imine (C=N–C) groups is 1. The second-order valence-electron chi connectivity index (χ2n) is 8.38. The van der Waals surface area contributed by atoms with Crippen molar-refractivity contribution in [1.29, 1.82) is 0 Å². The van der Waals surface area contributed by atoms with Gasteiger partial charge in [0.2, 0.25) is 0 Å². The Hall–Kier alpha value is -4.30. The zero-order valence-electron chi connectivity index (χ0n) is 19.8. The lowest BCUT2D eigenvalue weighted by atomic mass is 10.2. The van der Waals surface area contributed by atoms with Gasteiger partial charge in [-0.25, -0.2) is 8.42 Å². The molecular formula is C28H25N5O2S. The van der Waals surface area contributed by atoms with Crippen LogP contribution in [0.15, 0.2) is 119 Å². The van der Waals surface area contributed by atoms with E-state index in [-0.39, 0.29) is 11.4 Å². The Kier molecular flexibility index (Phi) is 6.60. The number of anilines is 2. The van der Waals surface area contributed by atoms with E-state index >= 15 is 0 Å². The summed E-state index contributed by atoms with van der Waals surface area (Å²) in [5, 5.41) is 8.60. The number of hydrogen-bond acceptors (Lipinski definition) is 6. The first kappa shape index (κ1) is 23.4. The standard InChI is InChI=1S/C28H25N5O2S/c1-22-16-18-25(19-17-22)36(34,35)21-29-28(33-27-15-9-8-14-26(27)30-31-33)20-32(23-10-4-2-5-11-23)24-12-6-3-7-13-24/h2-19H,20-21H2,1H3. The third-order valence-electron chi connectivity index (χ3n) is 5.83. The first-order valence-corrected chi connectivity index (χ1v) is 13.2. The van der Waals surface area contributed by atoms with Crippen LogP contribution in [0.1, 0.15) is 5.56 Å². The van der Waals surface area contributed by atoms with Gasteiger partial charge in [-0.2, -0.15) is 4.68 Å². The van der Waals surface area contributed by atoms with Gasteiger partial charge in [0.15, 0.2) is 9.84 Å². The summed E-state index contributed by atoms with van der Waals surface area (Å²) in [6, 6.07) is 34.2. The van der Waals surface area contributed by atoms with Gasteiger partial charge in [-0.3, -0.25) is 4.99 Å². The molecule has 0 saturated carbocycles. The van der Waals surface area contributed by atoms with Gasteiger partial charge in [-0.1, -0.05) is 71.4 Å². The van der Waals surface area contributed by atoms with Crippen molar-refractivity contribution in [2.45, 2.75) is 11.8 Å². The molecule has 0 radical (unpaired) electrons. The van der Waals surface area contributed by atoms with Crippen molar-refractivity contribution in [2.24, 2.45) is 4.99 Å². The van der Waals surface area contributed by atoms with Crippen molar-refractivity contribution < 1.29 is 8.42 Å². The Morgan fingerprint density at radius 1 is 0.806 bits per heavy atom. The second-order valence-corrected chi connectivity index (χ2v) is 10.3. The topological polar surface area (TPSA) is 80.5 Å². The fourth-order valence-corrected chi connectivity index (χ4v) is 4.93. The monoisotopic (exact) mass is 495 g/mol. The molecule has 0 spiro atoms. The van der Waals surface area contributed by atoms with Crippen LogP contribution in [0, 0.1) is 6.92 Å². The van der Waals surface area contributed by atoms with E-state index in [9.17, 15) is 8.42 Å². The van der Waals surface area contributed by atoms with Crippen molar-refractivity contribution in [3.63, 3.8) is 0 Å². The van der Waals surface area contributed by atoms with Gasteiger partial charge in [0.25, 0.3) is 0 Å². The maximum absolute atomic E-state index is 13.1. The molecule has 0 amide bonds. The van der Waals surface area contributed by atoms with Gasteiger partial charge in [0, 0.05) is 11.4 Å². The molecule has 4 aromatic carbocycles. The molecule has 0 atom stereocenters. The maximum atomic E-state index is 13.1. The molecule has 0 aliphatic carbocycles. The third kappa shape index (κ3) is 5.04. The number of hydrogen-bond donors (Lipinski definition) is 0. The van der Waals surface area contributed by atoms with Crippen LogP contribution in [-0.2, 0) is 9.84 Å². The molecule has 0 fully saturated rings. The molecule has 180 valence electrons. The lowest BCUT2D eigenvalue weighted by Crippen LogP contribution is -2.31. The largest absolute Gasteiger partial charge is 0.334 e. The van der Waals surface area contributed by atoms with Crippen molar-refractivity contribution >= 4 is 38.1 Å². The van der Waals surface area contributed by atoms with E-state index in [1.165, 1.54) is 0 Å². The smallest absolute Gasteiger partial charge is 0.198 e. The summed E-state index contributed by atoms with van der Waals surface area (Å²) in [6.07, 6.45) is 0. The zero-order chi connectivity index (χ0) is 25.0. The summed E-state index contributed by atoms with van der Waals surface area (Å²) in [5.41, 5.74) is 4.35. The van der Waals surface area contributed by atoms with E-state index in [0.29, 0.717) is 11.4 Å². The van der Waals surface area contributed by atoms with E-state index in [1.54, 1.807) is 28.9 Å². The molecule has 0 unspecified atom stereocenters. The molecule has 1 heterocycles. The average Bonchev–Trinajstić information content (AvgIpc) is 3.34. The van der Waals surface area contributed by atoms with Crippen molar-refractivity contribution in [2.75, 3.05) is 17.3 Å². The van der Waals surface area contributed by atoms with Gasteiger partial charge in [0.1, 0.15) is 17.2 Å². The molecule has 0 bridgehead atoms. The Labute approximate surface area is 210 Å². The van der Waals surface area contributed by atoms with Crippen molar-refractivity contribution in [1.82, 2.24) is 15.0 Å². The SMILES string of the molecule is Cc1ccc(S(=O)(=O)CN=C(CN(c2ccccc2)c2ccccc2)n2nnc3ccccc32)cc1. The van der Waals surface area contributed by atoms with E-state index in [1.807, 2.05) is 91.9 Å². The summed E-state index contributed by atoms with van der Waals surface area (Å²) < 4.78 is 27.9. The van der Waals surface area contributed by atoms with Crippen LogP contribution in [0.4, 0.5) is 11.4 Å². The lowest BCUT2D eigenvalue weighted by molar-refractivity contribution is 0.596. The number of fused-ring (bicyclic) bond motifs is 1. The summed E-state index contributed by atoms with van der Waals surface area (Å²) in [5.74, 6) is 0.0591. The molecule has 36 heavy (non-hydrogen) atoms. The lowest BCUT2D eigenvalue weighted by Gasteiger charge is -2.25. The van der Waals surface area contributed by atoms with Crippen LogP contribution in [0.3, 0.4) is 0 Å². The summed E-state index contributed by atoms with van der Waals surface area (Å²) in [7, 11) is -3.65. The normalized spacial score (nSPS) is 12.1.